The molecule has 0 radical (unpaired) electrons. The smallest absolute Gasteiger partial charge is 0.219 e. The average molecular weight is 317 g/mol. The third-order valence-electron chi connectivity index (χ3n) is 3.30. The van der Waals surface area contributed by atoms with Crippen LogP contribution in [0.3, 0.4) is 0 Å². The fraction of sp³-hybridized carbons (Fsp3) is 0.412. The predicted octanol–water partition coefficient (Wildman–Crippen LogP) is 2.83. The van der Waals surface area contributed by atoms with Crippen molar-refractivity contribution in [3.63, 3.8) is 0 Å². The Balaban J connectivity index is 2.16. The summed E-state index contributed by atoms with van der Waals surface area (Å²) < 4.78 is 12.9. The predicted molar refractivity (Wildman–Crippen MR) is 87.3 cm³/mol. The molecule has 2 rings (SSSR count). The number of nitrogens with zero attached hydrogens (tertiary/aromatic N) is 3. The van der Waals surface area contributed by atoms with E-state index in [0.29, 0.717) is 12.4 Å². The van der Waals surface area contributed by atoms with Crippen LogP contribution < -0.4 is 9.47 Å². The summed E-state index contributed by atoms with van der Waals surface area (Å²) in [6.45, 7) is 9.88. The zero-order valence-corrected chi connectivity index (χ0v) is 13.7. The van der Waals surface area contributed by atoms with Crippen molar-refractivity contribution in [3.8, 4) is 11.5 Å². The molecule has 0 saturated carbocycles. The summed E-state index contributed by atoms with van der Waals surface area (Å²) in [6, 6.07) is 7.19. The van der Waals surface area contributed by atoms with Crippen LogP contribution in [-0.2, 0) is 0 Å². The second-order valence-electron chi connectivity index (χ2n) is 6.27. The van der Waals surface area contributed by atoms with E-state index in [4.69, 9.17) is 9.47 Å². The Morgan fingerprint density at radius 3 is 2.43 bits per heavy atom. The molecule has 2 aromatic rings. The van der Waals surface area contributed by atoms with Gasteiger partial charge in [-0.1, -0.05) is 33.4 Å². The first kappa shape index (κ1) is 17.0. The summed E-state index contributed by atoms with van der Waals surface area (Å²) in [4.78, 5) is 3.93. The summed E-state index contributed by atoms with van der Waals surface area (Å²) in [6.07, 6.45) is 3.20. The second kappa shape index (κ2) is 7.28. The maximum atomic E-state index is 10.6. The topological polar surface area (TPSA) is 69.4 Å². The van der Waals surface area contributed by atoms with Crippen LogP contribution in [-0.4, -0.2) is 32.6 Å². The van der Waals surface area contributed by atoms with E-state index < -0.39 is 12.3 Å². The number of aliphatic hydroxyl groups is 1. The quantitative estimate of drug-likeness (QED) is 0.795. The van der Waals surface area contributed by atoms with Crippen molar-refractivity contribution in [1.82, 2.24) is 14.8 Å². The molecule has 1 N–H and O–H groups in total. The number of aliphatic hydroxyl groups excluding tert-OH is 1. The van der Waals surface area contributed by atoms with Crippen LogP contribution in [0.4, 0.5) is 0 Å². The van der Waals surface area contributed by atoms with Crippen molar-refractivity contribution in [2.45, 2.75) is 33.1 Å². The van der Waals surface area contributed by atoms with Gasteiger partial charge in [0.05, 0.1) is 0 Å². The van der Waals surface area contributed by atoms with Crippen molar-refractivity contribution in [1.29, 1.82) is 0 Å². The maximum Gasteiger partial charge on any atom is 0.219 e. The van der Waals surface area contributed by atoms with Crippen LogP contribution in [0.5, 0.6) is 11.5 Å². The largest absolute Gasteiger partial charge is 0.490 e. The SMILES string of the molecule is C=CCOc1ccc(OC(C(O)C(C)(C)C)n2cncn2)cc1. The Morgan fingerprint density at radius 1 is 1.26 bits per heavy atom. The van der Waals surface area contributed by atoms with Crippen LogP contribution >= 0.6 is 0 Å². The minimum atomic E-state index is -0.763. The number of aromatic nitrogens is 3. The highest BCUT2D eigenvalue weighted by atomic mass is 16.5. The Labute approximate surface area is 136 Å². The van der Waals surface area contributed by atoms with Gasteiger partial charge in [-0.3, -0.25) is 0 Å². The molecule has 0 aliphatic heterocycles. The molecule has 0 bridgehead atoms. The number of hydrogen-bond donors (Lipinski definition) is 1. The molecule has 0 saturated heterocycles. The maximum absolute atomic E-state index is 10.6. The summed E-state index contributed by atoms with van der Waals surface area (Å²) in [5.74, 6) is 1.34. The lowest BCUT2D eigenvalue weighted by Crippen LogP contribution is -2.38. The van der Waals surface area contributed by atoms with Crippen LogP contribution in [0.15, 0.2) is 49.6 Å². The van der Waals surface area contributed by atoms with E-state index >= 15 is 0 Å². The van der Waals surface area contributed by atoms with Gasteiger partial charge in [-0.2, -0.15) is 5.10 Å². The highest BCUT2D eigenvalue weighted by molar-refractivity contribution is 5.31. The van der Waals surface area contributed by atoms with Gasteiger partial charge in [-0.05, 0) is 29.7 Å². The Kier molecular flexibility index (Phi) is 5.39. The molecule has 6 nitrogen and oxygen atoms in total. The van der Waals surface area contributed by atoms with Crippen molar-refractivity contribution in [2.75, 3.05) is 6.61 Å². The van der Waals surface area contributed by atoms with Gasteiger partial charge in [0.2, 0.25) is 6.23 Å². The lowest BCUT2D eigenvalue weighted by Gasteiger charge is -2.32. The first-order valence-corrected chi connectivity index (χ1v) is 7.44. The number of benzene rings is 1. The van der Waals surface area contributed by atoms with E-state index in [2.05, 4.69) is 16.7 Å². The molecule has 0 spiro atoms. The lowest BCUT2D eigenvalue weighted by molar-refractivity contribution is -0.0731. The monoisotopic (exact) mass is 317 g/mol. The average Bonchev–Trinajstić information content (AvgIpc) is 3.04. The summed E-state index contributed by atoms with van der Waals surface area (Å²) in [7, 11) is 0. The summed E-state index contributed by atoms with van der Waals surface area (Å²) in [5.41, 5.74) is -0.371. The molecular weight excluding hydrogens is 294 g/mol. The van der Waals surface area contributed by atoms with Crippen LogP contribution in [0, 0.1) is 5.41 Å². The van der Waals surface area contributed by atoms with Crippen LogP contribution in [0.2, 0.25) is 0 Å². The third-order valence-corrected chi connectivity index (χ3v) is 3.30. The fourth-order valence-corrected chi connectivity index (χ4v) is 1.95. The molecule has 0 aliphatic carbocycles. The molecule has 0 fully saturated rings. The normalized spacial score (nSPS) is 14.1. The molecule has 23 heavy (non-hydrogen) atoms. The fourth-order valence-electron chi connectivity index (χ4n) is 1.95. The van der Waals surface area contributed by atoms with Gasteiger partial charge >= 0.3 is 0 Å². The molecule has 1 heterocycles. The lowest BCUT2D eigenvalue weighted by atomic mass is 9.88. The zero-order chi connectivity index (χ0) is 16.9. The van der Waals surface area contributed by atoms with Crippen LogP contribution in [0.25, 0.3) is 0 Å². The zero-order valence-electron chi connectivity index (χ0n) is 13.7. The molecule has 0 amide bonds. The Morgan fingerprint density at radius 2 is 1.91 bits per heavy atom. The molecule has 2 atom stereocenters. The number of hydrogen-bond acceptors (Lipinski definition) is 5. The summed E-state index contributed by atoms with van der Waals surface area (Å²) >= 11 is 0. The summed E-state index contributed by atoms with van der Waals surface area (Å²) in [5, 5.41) is 14.7. The number of rotatable bonds is 7. The molecule has 124 valence electrons. The molecule has 1 aromatic heterocycles. The van der Waals surface area contributed by atoms with E-state index in [1.165, 1.54) is 17.3 Å². The third kappa shape index (κ3) is 4.56. The van der Waals surface area contributed by atoms with Crippen molar-refractivity contribution in [3.05, 3.63) is 49.6 Å². The Bertz CT molecular complexity index is 603. The van der Waals surface area contributed by atoms with Crippen molar-refractivity contribution < 1.29 is 14.6 Å². The first-order chi connectivity index (χ1) is 10.9. The van der Waals surface area contributed by atoms with Gasteiger partial charge in [-0.15, -0.1) is 0 Å². The first-order valence-electron chi connectivity index (χ1n) is 7.44. The van der Waals surface area contributed by atoms with E-state index in [1.54, 1.807) is 30.3 Å². The van der Waals surface area contributed by atoms with Gasteiger partial charge in [0.1, 0.15) is 36.9 Å². The molecule has 0 aliphatic rings. The van der Waals surface area contributed by atoms with Gasteiger partial charge in [-0.25, -0.2) is 9.67 Å². The van der Waals surface area contributed by atoms with Crippen molar-refractivity contribution >= 4 is 0 Å². The van der Waals surface area contributed by atoms with Crippen molar-refractivity contribution in [2.24, 2.45) is 5.41 Å². The van der Waals surface area contributed by atoms with Gasteiger partial charge in [0.15, 0.2) is 0 Å². The molecule has 2 unspecified atom stereocenters. The second-order valence-corrected chi connectivity index (χ2v) is 6.27. The van der Waals surface area contributed by atoms with E-state index in [-0.39, 0.29) is 5.41 Å². The highest BCUT2D eigenvalue weighted by Gasteiger charge is 2.34. The highest BCUT2D eigenvalue weighted by Crippen LogP contribution is 2.30. The van der Waals surface area contributed by atoms with Crippen LogP contribution in [0.1, 0.15) is 27.0 Å². The number of ether oxygens (including phenoxy) is 2. The Hall–Kier alpha value is -2.34. The standard InChI is InChI=1S/C17H23N3O3/c1-5-10-22-13-6-8-14(9-7-13)23-16(15(21)17(2,3)4)20-12-18-11-19-20/h5-9,11-12,15-16,21H,1,10H2,2-4H3. The van der Waals surface area contributed by atoms with E-state index in [0.717, 1.165) is 5.75 Å². The molecule has 6 heteroatoms. The van der Waals surface area contributed by atoms with Gasteiger partial charge in [0.25, 0.3) is 0 Å². The minimum Gasteiger partial charge on any atom is -0.490 e. The van der Waals surface area contributed by atoms with Gasteiger partial charge in [0, 0.05) is 0 Å². The molecule has 1 aromatic carbocycles. The van der Waals surface area contributed by atoms with Gasteiger partial charge < -0.3 is 14.6 Å². The van der Waals surface area contributed by atoms with E-state index in [1.807, 2.05) is 20.8 Å². The molecular formula is C17H23N3O3. The minimum absolute atomic E-state index is 0.371. The van der Waals surface area contributed by atoms with E-state index in [9.17, 15) is 5.11 Å².